The molecule has 1 aliphatic rings. The smallest absolute Gasteiger partial charge is 0.345 e. The molecule has 0 saturated heterocycles. The SMILES string of the molecule is Cc1cc2c(-c3ccc(S(=O)(=O)N(CC4(N)CCCC4)OC(=O)C(F)(F)F)cc3)ccnc2[nH]1. The average molecular weight is 497 g/mol. The number of halogens is 3. The summed E-state index contributed by atoms with van der Waals surface area (Å²) in [7, 11) is -4.63. The Morgan fingerprint density at radius 3 is 2.47 bits per heavy atom. The van der Waals surface area contributed by atoms with Crippen LogP contribution in [0, 0.1) is 6.92 Å². The van der Waals surface area contributed by atoms with Gasteiger partial charge in [0, 0.05) is 22.8 Å². The van der Waals surface area contributed by atoms with Gasteiger partial charge in [-0.05, 0) is 59.6 Å². The van der Waals surface area contributed by atoms with E-state index in [0.717, 1.165) is 16.6 Å². The Bertz CT molecular complexity index is 1310. The number of carbonyl (C=O) groups is 1. The summed E-state index contributed by atoms with van der Waals surface area (Å²) in [6.45, 7) is 1.30. The van der Waals surface area contributed by atoms with Crippen molar-refractivity contribution in [3.05, 3.63) is 48.3 Å². The van der Waals surface area contributed by atoms with Crippen molar-refractivity contribution in [3.8, 4) is 11.1 Å². The van der Waals surface area contributed by atoms with Gasteiger partial charge in [-0.1, -0.05) is 25.0 Å². The van der Waals surface area contributed by atoms with E-state index in [2.05, 4.69) is 14.8 Å². The molecule has 0 amide bonds. The van der Waals surface area contributed by atoms with E-state index in [0.29, 0.717) is 36.9 Å². The van der Waals surface area contributed by atoms with Crippen LogP contribution in [0.1, 0.15) is 31.4 Å². The topological polar surface area (TPSA) is 118 Å². The normalized spacial score (nSPS) is 16.3. The van der Waals surface area contributed by atoms with E-state index in [1.165, 1.54) is 24.3 Å². The van der Waals surface area contributed by atoms with Crippen LogP contribution in [0.15, 0.2) is 47.5 Å². The zero-order valence-electron chi connectivity index (χ0n) is 18.2. The van der Waals surface area contributed by atoms with Crippen LogP contribution in [-0.2, 0) is 19.7 Å². The van der Waals surface area contributed by atoms with Gasteiger partial charge in [-0.3, -0.25) is 0 Å². The highest BCUT2D eigenvalue weighted by Crippen LogP contribution is 2.32. The third-order valence-electron chi connectivity index (χ3n) is 5.86. The van der Waals surface area contributed by atoms with Gasteiger partial charge in [-0.15, -0.1) is 0 Å². The zero-order valence-corrected chi connectivity index (χ0v) is 19.0. The lowest BCUT2D eigenvalue weighted by molar-refractivity contribution is -0.223. The summed E-state index contributed by atoms with van der Waals surface area (Å²) < 4.78 is 65.0. The molecule has 0 spiro atoms. The number of alkyl halides is 3. The van der Waals surface area contributed by atoms with E-state index in [-0.39, 0.29) is 9.36 Å². The second kappa shape index (κ2) is 8.67. The Hall–Kier alpha value is -2.96. The molecule has 8 nitrogen and oxygen atoms in total. The van der Waals surface area contributed by atoms with E-state index in [1.807, 2.05) is 13.0 Å². The molecule has 2 heterocycles. The number of pyridine rings is 1. The number of nitrogens with one attached hydrogen (secondary N) is 1. The molecular weight excluding hydrogens is 473 g/mol. The summed E-state index contributed by atoms with van der Waals surface area (Å²) in [5.41, 5.74) is 8.14. The fraction of sp³-hybridized carbons (Fsp3) is 0.364. The second-order valence-electron chi connectivity index (χ2n) is 8.51. The lowest BCUT2D eigenvalue weighted by Gasteiger charge is -2.30. The maximum Gasteiger partial charge on any atom is 0.492 e. The highest BCUT2D eigenvalue weighted by atomic mass is 32.2. The number of carbonyl (C=O) groups excluding carboxylic acids is 1. The van der Waals surface area contributed by atoms with Crippen molar-refractivity contribution in [3.63, 3.8) is 0 Å². The highest BCUT2D eigenvalue weighted by molar-refractivity contribution is 7.89. The van der Waals surface area contributed by atoms with Crippen molar-refractivity contribution in [2.45, 2.75) is 49.2 Å². The number of sulfonamides is 1. The van der Waals surface area contributed by atoms with E-state index >= 15 is 0 Å². The monoisotopic (exact) mass is 496 g/mol. The molecule has 4 rings (SSSR count). The minimum atomic E-state index is -5.36. The second-order valence-corrected chi connectivity index (χ2v) is 10.3. The van der Waals surface area contributed by atoms with E-state index in [9.17, 15) is 26.4 Å². The van der Waals surface area contributed by atoms with Crippen molar-refractivity contribution in [2.24, 2.45) is 5.73 Å². The molecule has 1 fully saturated rings. The molecule has 1 aliphatic carbocycles. The molecule has 0 bridgehead atoms. The zero-order chi connectivity index (χ0) is 24.7. The first kappa shape index (κ1) is 24.2. The molecule has 12 heteroatoms. The first-order chi connectivity index (χ1) is 15.9. The number of benzene rings is 1. The predicted molar refractivity (Wildman–Crippen MR) is 118 cm³/mol. The van der Waals surface area contributed by atoms with Gasteiger partial charge in [0.05, 0.1) is 11.4 Å². The molecule has 0 unspecified atom stereocenters. The minimum absolute atomic E-state index is 0.0727. The van der Waals surface area contributed by atoms with E-state index in [4.69, 9.17) is 5.73 Å². The standard InChI is InChI=1S/C22H23F3N4O4S/c1-14-12-18-17(8-11-27-19(18)28-14)15-4-6-16(7-5-15)34(31,32)29(33-20(30)22(23,24)25)13-21(26)9-2-3-10-21/h4-8,11-12H,2-3,9-10,13,26H2,1H3,(H,27,28). The number of hydrogen-bond donors (Lipinski definition) is 2. The summed E-state index contributed by atoms with van der Waals surface area (Å²) >= 11 is 0. The molecule has 0 aliphatic heterocycles. The number of nitrogens with two attached hydrogens (primary N) is 1. The fourth-order valence-corrected chi connectivity index (χ4v) is 5.45. The number of aryl methyl sites for hydroxylation is 1. The molecule has 0 atom stereocenters. The first-order valence-electron chi connectivity index (χ1n) is 10.5. The number of aromatic amines is 1. The summed E-state index contributed by atoms with van der Waals surface area (Å²) in [4.78, 5) is 22.9. The van der Waals surface area contributed by atoms with Crippen LogP contribution < -0.4 is 5.73 Å². The Kier molecular flexibility index (Phi) is 6.17. The Labute approximate surface area is 193 Å². The lowest BCUT2D eigenvalue weighted by atomic mass is 10.00. The maximum absolute atomic E-state index is 13.2. The van der Waals surface area contributed by atoms with Crippen LogP contribution in [0.25, 0.3) is 22.2 Å². The molecule has 182 valence electrons. The number of H-pyrrole nitrogens is 1. The quantitative estimate of drug-likeness (QED) is 0.501. The molecule has 0 radical (unpaired) electrons. The molecule has 3 N–H and O–H groups in total. The summed E-state index contributed by atoms with van der Waals surface area (Å²) in [6, 6.07) is 9.24. The first-order valence-corrected chi connectivity index (χ1v) is 12.0. The molecule has 34 heavy (non-hydrogen) atoms. The van der Waals surface area contributed by atoms with Gasteiger partial charge in [-0.2, -0.15) is 13.2 Å². The molecule has 1 aromatic carbocycles. The summed E-state index contributed by atoms with van der Waals surface area (Å²) in [5, 5.41) is 0.836. The lowest BCUT2D eigenvalue weighted by Crippen LogP contribution is -2.51. The predicted octanol–water partition coefficient (Wildman–Crippen LogP) is 3.82. The van der Waals surface area contributed by atoms with Crippen LogP contribution >= 0.6 is 0 Å². The highest BCUT2D eigenvalue weighted by Gasteiger charge is 2.46. The Balaban J connectivity index is 1.67. The van der Waals surface area contributed by atoms with Crippen LogP contribution in [0.5, 0.6) is 0 Å². The van der Waals surface area contributed by atoms with Crippen molar-refractivity contribution in [1.29, 1.82) is 0 Å². The molecule has 1 saturated carbocycles. The van der Waals surface area contributed by atoms with Crippen molar-refractivity contribution in [2.75, 3.05) is 6.54 Å². The molecule has 3 aromatic rings. The largest absolute Gasteiger partial charge is 0.492 e. The van der Waals surface area contributed by atoms with Gasteiger partial charge in [0.25, 0.3) is 10.0 Å². The van der Waals surface area contributed by atoms with E-state index in [1.54, 1.807) is 12.3 Å². The summed E-state index contributed by atoms with van der Waals surface area (Å²) in [6.07, 6.45) is -1.56. The number of aromatic nitrogens is 2. The van der Waals surface area contributed by atoms with Gasteiger partial charge in [0.15, 0.2) is 0 Å². The van der Waals surface area contributed by atoms with Crippen LogP contribution in [-0.4, -0.2) is 47.1 Å². The number of hydrogen-bond acceptors (Lipinski definition) is 6. The van der Waals surface area contributed by atoms with E-state index < -0.39 is 34.3 Å². The van der Waals surface area contributed by atoms with Gasteiger partial charge >= 0.3 is 12.1 Å². The Morgan fingerprint density at radius 2 is 1.85 bits per heavy atom. The number of fused-ring (bicyclic) bond motifs is 1. The van der Waals surface area contributed by atoms with Gasteiger partial charge in [0.2, 0.25) is 0 Å². The van der Waals surface area contributed by atoms with Crippen LogP contribution in [0.4, 0.5) is 13.2 Å². The third kappa shape index (κ3) is 4.79. The average Bonchev–Trinajstić information content (AvgIpc) is 3.37. The van der Waals surface area contributed by atoms with Gasteiger partial charge < -0.3 is 15.6 Å². The number of rotatable bonds is 6. The van der Waals surface area contributed by atoms with Crippen molar-refractivity contribution in [1.82, 2.24) is 14.4 Å². The van der Waals surface area contributed by atoms with Crippen molar-refractivity contribution < 1.29 is 31.2 Å². The summed E-state index contributed by atoms with van der Waals surface area (Å²) in [5.74, 6) is -2.63. The minimum Gasteiger partial charge on any atom is -0.345 e. The molecular formula is C22H23F3N4O4S. The van der Waals surface area contributed by atoms with Gasteiger partial charge in [0.1, 0.15) is 5.65 Å². The maximum atomic E-state index is 13.2. The Morgan fingerprint density at radius 1 is 1.21 bits per heavy atom. The number of hydroxylamine groups is 1. The van der Waals surface area contributed by atoms with Gasteiger partial charge in [-0.25, -0.2) is 18.2 Å². The molecule has 2 aromatic heterocycles. The van der Waals surface area contributed by atoms with Crippen LogP contribution in [0.2, 0.25) is 0 Å². The fourth-order valence-electron chi connectivity index (χ4n) is 4.14. The third-order valence-corrected chi connectivity index (χ3v) is 7.47. The van der Waals surface area contributed by atoms with Crippen LogP contribution in [0.3, 0.4) is 0 Å². The van der Waals surface area contributed by atoms with Crippen molar-refractivity contribution >= 4 is 27.0 Å². The number of nitrogens with zero attached hydrogens (tertiary/aromatic N) is 2.